The first-order chi connectivity index (χ1) is 8.76. The third-order valence-corrected chi connectivity index (χ3v) is 3.20. The van der Waals surface area contributed by atoms with Gasteiger partial charge in [0.2, 0.25) is 5.91 Å². The van der Waals surface area contributed by atoms with E-state index in [9.17, 15) is 4.79 Å². The molecule has 94 valence electrons. The number of terminal acetylenes is 1. The van der Waals surface area contributed by atoms with E-state index in [-0.39, 0.29) is 17.9 Å². The number of para-hydroxylation sites is 1. The molecule has 1 aliphatic heterocycles. The predicted molar refractivity (Wildman–Crippen MR) is 70.3 cm³/mol. The minimum Gasteiger partial charge on any atom is -0.493 e. The number of ether oxygens (including phenoxy) is 1. The Morgan fingerprint density at radius 3 is 3.11 bits per heavy atom. The Labute approximate surface area is 108 Å². The van der Waals surface area contributed by atoms with Gasteiger partial charge in [-0.25, -0.2) is 0 Å². The molecule has 0 aliphatic carbocycles. The second-order valence-corrected chi connectivity index (χ2v) is 4.36. The first kappa shape index (κ1) is 12.5. The highest BCUT2D eigenvalue weighted by Gasteiger charge is 2.28. The summed E-state index contributed by atoms with van der Waals surface area (Å²) < 4.78 is 5.54. The van der Waals surface area contributed by atoms with Gasteiger partial charge < -0.3 is 10.1 Å². The van der Waals surface area contributed by atoms with E-state index in [0.29, 0.717) is 13.0 Å². The van der Waals surface area contributed by atoms with Crippen molar-refractivity contribution in [1.82, 2.24) is 5.32 Å². The van der Waals surface area contributed by atoms with Crippen molar-refractivity contribution in [1.29, 1.82) is 0 Å². The van der Waals surface area contributed by atoms with Gasteiger partial charge in [-0.2, -0.15) is 0 Å². The normalized spacial score (nSPS) is 19.0. The van der Waals surface area contributed by atoms with Crippen LogP contribution in [0.5, 0.6) is 5.75 Å². The smallest absolute Gasteiger partial charge is 0.228 e. The molecule has 3 heteroatoms. The fourth-order valence-electron chi connectivity index (χ4n) is 2.15. The molecule has 0 aromatic heterocycles. The van der Waals surface area contributed by atoms with E-state index in [4.69, 9.17) is 11.2 Å². The van der Waals surface area contributed by atoms with E-state index in [1.165, 1.54) is 0 Å². The molecule has 0 fully saturated rings. The second kappa shape index (κ2) is 5.59. The molecule has 1 amide bonds. The molecule has 2 atom stereocenters. The highest BCUT2D eigenvalue weighted by Crippen LogP contribution is 2.33. The van der Waals surface area contributed by atoms with Crippen LogP contribution in [0.1, 0.15) is 31.2 Å². The van der Waals surface area contributed by atoms with Gasteiger partial charge in [-0.1, -0.05) is 31.0 Å². The Hall–Kier alpha value is -1.95. The molecule has 2 rings (SSSR count). The first-order valence-electron chi connectivity index (χ1n) is 6.24. The molecule has 0 bridgehead atoms. The summed E-state index contributed by atoms with van der Waals surface area (Å²) in [5, 5.41) is 2.90. The zero-order chi connectivity index (χ0) is 13.0. The largest absolute Gasteiger partial charge is 0.493 e. The molecular weight excluding hydrogens is 226 g/mol. The summed E-state index contributed by atoms with van der Waals surface area (Å²) in [6.07, 6.45) is 6.81. The van der Waals surface area contributed by atoms with Crippen molar-refractivity contribution in [3.8, 4) is 18.1 Å². The molecule has 1 heterocycles. The predicted octanol–water partition coefficient (Wildman–Crippen LogP) is 2.08. The van der Waals surface area contributed by atoms with Crippen molar-refractivity contribution in [2.75, 3.05) is 6.61 Å². The van der Waals surface area contributed by atoms with Crippen LogP contribution in [-0.4, -0.2) is 18.6 Å². The van der Waals surface area contributed by atoms with Gasteiger partial charge in [-0.05, 0) is 18.9 Å². The Bertz CT molecular complexity index is 476. The summed E-state index contributed by atoms with van der Waals surface area (Å²) in [6.45, 7) is 2.53. The molecule has 2 unspecified atom stereocenters. The number of fused-ring (bicyclic) bond motifs is 1. The van der Waals surface area contributed by atoms with Crippen LogP contribution >= 0.6 is 0 Å². The minimum absolute atomic E-state index is 0.00412. The fraction of sp³-hybridized carbons (Fsp3) is 0.400. The lowest BCUT2D eigenvalue weighted by atomic mass is 9.92. The van der Waals surface area contributed by atoms with E-state index >= 15 is 0 Å². The number of carbonyl (C=O) groups excluding carboxylic acids is 1. The van der Waals surface area contributed by atoms with E-state index in [2.05, 4.69) is 11.2 Å². The van der Waals surface area contributed by atoms with Crippen LogP contribution in [0.3, 0.4) is 0 Å². The van der Waals surface area contributed by atoms with Crippen molar-refractivity contribution in [3.05, 3.63) is 29.8 Å². The van der Waals surface area contributed by atoms with Crippen LogP contribution in [0.15, 0.2) is 24.3 Å². The Balaban J connectivity index is 2.15. The number of hydrogen-bond donors (Lipinski definition) is 1. The summed E-state index contributed by atoms with van der Waals surface area (Å²) in [6, 6.07) is 7.48. The van der Waals surface area contributed by atoms with Gasteiger partial charge in [0.1, 0.15) is 5.75 Å². The average Bonchev–Trinajstić information content (AvgIpc) is 2.43. The molecule has 0 spiro atoms. The third kappa shape index (κ3) is 2.48. The first-order valence-corrected chi connectivity index (χ1v) is 6.24. The lowest BCUT2D eigenvalue weighted by molar-refractivity contribution is -0.123. The lowest BCUT2D eigenvalue weighted by Crippen LogP contribution is -2.38. The quantitative estimate of drug-likeness (QED) is 0.825. The summed E-state index contributed by atoms with van der Waals surface area (Å²) in [4.78, 5) is 12.2. The summed E-state index contributed by atoms with van der Waals surface area (Å²) in [7, 11) is 0. The standard InChI is InChI=1S/C15H17NO2/c1-3-11(4-2)16-15(17)13-9-10-18-14-8-6-5-7-12(13)14/h1,5-8,11,13H,4,9-10H2,2H3,(H,16,17). The van der Waals surface area contributed by atoms with Gasteiger partial charge in [0.15, 0.2) is 0 Å². The van der Waals surface area contributed by atoms with E-state index in [1.54, 1.807) is 0 Å². The highest BCUT2D eigenvalue weighted by atomic mass is 16.5. The van der Waals surface area contributed by atoms with Crippen molar-refractivity contribution >= 4 is 5.91 Å². The molecule has 0 saturated heterocycles. The van der Waals surface area contributed by atoms with Gasteiger partial charge in [0, 0.05) is 5.56 Å². The maximum Gasteiger partial charge on any atom is 0.228 e. The number of benzene rings is 1. The second-order valence-electron chi connectivity index (χ2n) is 4.36. The molecule has 0 saturated carbocycles. The third-order valence-electron chi connectivity index (χ3n) is 3.20. The van der Waals surface area contributed by atoms with Crippen molar-refractivity contribution < 1.29 is 9.53 Å². The van der Waals surface area contributed by atoms with Crippen molar-refractivity contribution in [2.24, 2.45) is 0 Å². The topological polar surface area (TPSA) is 38.3 Å². The summed E-state index contributed by atoms with van der Waals surface area (Å²) >= 11 is 0. The van der Waals surface area contributed by atoms with Crippen molar-refractivity contribution in [2.45, 2.75) is 31.7 Å². The Morgan fingerprint density at radius 2 is 2.39 bits per heavy atom. The Morgan fingerprint density at radius 1 is 1.61 bits per heavy atom. The van der Waals surface area contributed by atoms with Crippen molar-refractivity contribution in [3.63, 3.8) is 0 Å². The van der Waals surface area contributed by atoms with Crippen LogP contribution in [0.4, 0.5) is 0 Å². The Kier molecular flexibility index (Phi) is 3.88. The number of amides is 1. The van der Waals surface area contributed by atoms with Gasteiger partial charge in [-0.3, -0.25) is 4.79 Å². The van der Waals surface area contributed by atoms with Gasteiger partial charge >= 0.3 is 0 Å². The van der Waals surface area contributed by atoms with Crippen LogP contribution in [0.25, 0.3) is 0 Å². The molecule has 18 heavy (non-hydrogen) atoms. The zero-order valence-electron chi connectivity index (χ0n) is 10.5. The van der Waals surface area contributed by atoms with Gasteiger partial charge in [-0.15, -0.1) is 6.42 Å². The summed E-state index contributed by atoms with van der Waals surface area (Å²) in [5.41, 5.74) is 0.952. The number of hydrogen-bond acceptors (Lipinski definition) is 2. The average molecular weight is 243 g/mol. The fourth-order valence-corrected chi connectivity index (χ4v) is 2.15. The molecule has 1 aliphatic rings. The molecule has 3 nitrogen and oxygen atoms in total. The van der Waals surface area contributed by atoms with Crippen LogP contribution in [0, 0.1) is 12.3 Å². The summed E-state index contributed by atoms with van der Waals surface area (Å²) in [5.74, 6) is 3.23. The van der Waals surface area contributed by atoms with Gasteiger partial charge in [0.25, 0.3) is 0 Å². The van der Waals surface area contributed by atoms with E-state index < -0.39 is 0 Å². The van der Waals surface area contributed by atoms with Crippen LogP contribution < -0.4 is 10.1 Å². The lowest BCUT2D eigenvalue weighted by Gasteiger charge is -2.26. The SMILES string of the molecule is C#CC(CC)NC(=O)C1CCOc2ccccc21. The number of nitrogens with one attached hydrogen (secondary N) is 1. The van der Waals surface area contributed by atoms with Crippen LogP contribution in [-0.2, 0) is 4.79 Å². The minimum atomic E-state index is -0.187. The highest BCUT2D eigenvalue weighted by molar-refractivity contribution is 5.85. The molecule has 1 aromatic carbocycles. The number of carbonyl (C=O) groups is 1. The molecule has 1 aromatic rings. The molecular formula is C15H17NO2. The van der Waals surface area contributed by atoms with E-state index in [0.717, 1.165) is 17.7 Å². The molecule has 0 radical (unpaired) electrons. The number of rotatable bonds is 3. The van der Waals surface area contributed by atoms with Gasteiger partial charge in [0.05, 0.1) is 18.6 Å². The molecule has 1 N–H and O–H groups in total. The maximum atomic E-state index is 12.2. The monoisotopic (exact) mass is 243 g/mol. The van der Waals surface area contributed by atoms with E-state index in [1.807, 2.05) is 31.2 Å². The van der Waals surface area contributed by atoms with Crippen LogP contribution in [0.2, 0.25) is 0 Å². The maximum absolute atomic E-state index is 12.2. The zero-order valence-corrected chi connectivity index (χ0v) is 10.5.